The molecule has 0 bridgehead atoms. The second kappa shape index (κ2) is 3.90. The van der Waals surface area contributed by atoms with Crippen molar-refractivity contribution in [2.24, 2.45) is 5.92 Å². The molecule has 4 heteroatoms. The topological polar surface area (TPSA) is 38.9 Å². The van der Waals surface area contributed by atoms with Gasteiger partial charge in [0.05, 0.1) is 0 Å². The van der Waals surface area contributed by atoms with Crippen LogP contribution in [-0.4, -0.2) is 10.1 Å². The summed E-state index contributed by atoms with van der Waals surface area (Å²) in [5.41, 5.74) is 0. The lowest BCUT2D eigenvalue weighted by Crippen LogP contribution is -2.00. The van der Waals surface area contributed by atoms with Crippen LogP contribution in [0.3, 0.4) is 0 Å². The Morgan fingerprint density at radius 1 is 1.42 bits per heavy atom. The summed E-state index contributed by atoms with van der Waals surface area (Å²) < 4.78 is 4.67. The van der Waals surface area contributed by atoms with E-state index in [0.29, 0.717) is 17.7 Å². The Hall–Kier alpha value is -0.570. The Labute approximate surface area is 77.1 Å². The Balaban J connectivity index is 2.58. The van der Waals surface area contributed by atoms with Crippen molar-refractivity contribution in [2.75, 3.05) is 0 Å². The van der Waals surface area contributed by atoms with Crippen LogP contribution in [0.5, 0.6) is 0 Å². The molecule has 68 valence electrons. The normalized spacial score (nSPS) is 13.8. The van der Waals surface area contributed by atoms with Crippen LogP contribution >= 0.6 is 11.6 Å². The standard InChI is InChI=1S/C8H13ClN2O/c1-5(2)4-6(3)7-10-8(9)12-11-7/h5-6H,4H2,1-3H3. The summed E-state index contributed by atoms with van der Waals surface area (Å²) in [6.07, 6.45) is 1.05. The molecule has 0 radical (unpaired) electrons. The molecule has 1 aromatic heterocycles. The highest BCUT2D eigenvalue weighted by atomic mass is 35.5. The molecule has 12 heavy (non-hydrogen) atoms. The Morgan fingerprint density at radius 3 is 2.50 bits per heavy atom. The molecule has 0 aliphatic rings. The first-order valence-electron chi connectivity index (χ1n) is 4.08. The summed E-state index contributed by atoms with van der Waals surface area (Å²) in [6, 6.07) is 0. The number of rotatable bonds is 3. The van der Waals surface area contributed by atoms with Crippen molar-refractivity contribution in [2.45, 2.75) is 33.1 Å². The van der Waals surface area contributed by atoms with Gasteiger partial charge in [-0.15, -0.1) is 0 Å². The van der Waals surface area contributed by atoms with Gasteiger partial charge in [-0.1, -0.05) is 25.9 Å². The average Bonchev–Trinajstić information content (AvgIpc) is 2.34. The molecule has 0 saturated heterocycles. The first kappa shape index (κ1) is 9.52. The van der Waals surface area contributed by atoms with Gasteiger partial charge in [-0.2, -0.15) is 4.98 Å². The maximum Gasteiger partial charge on any atom is 0.320 e. The van der Waals surface area contributed by atoms with Crippen molar-refractivity contribution in [1.29, 1.82) is 0 Å². The first-order chi connectivity index (χ1) is 5.59. The monoisotopic (exact) mass is 188 g/mol. The van der Waals surface area contributed by atoms with E-state index in [9.17, 15) is 0 Å². The van der Waals surface area contributed by atoms with Gasteiger partial charge in [-0.3, -0.25) is 0 Å². The van der Waals surface area contributed by atoms with Crippen molar-refractivity contribution in [3.63, 3.8) is 0 Å². The fourth-order valence-electron chi connectivity index (χ4n) is 1.23. The fourth-order valence-corrected chi connectivity index (χ4v) is 1.35. The molecule has 1 atom stereocenters. The number of halogens is 1. The third kappa shape index (κ3) is 2.48. The van der Waals surface area contributed by atoms with Crippen molar-refractivity contribution >= 4 is 11.6 Å². The van der Waals surface area contributed by atoms with Crippen molar-refractivity contribution < 1.29 is 4.52 Å². The maximum absolute atomic E-state index is 5.50. The molecule has 1 unspecified atom stereocenters. The zero-order chi connectivity index (χ0) is 9.14. The number of nitrogens with zero attached hydrogens (tertiary/aromatic N) is 2. The SMILES string of the molecule is CC(C)CC(C)c1noc(Cl)n1. The first-order valence-corrected chi connectivity index (χ1v) is 4.46. The number of hydrogen-bond acceptors (Lipinski definition) is 3. The van der Waals surface area contributed by atoms with Crippen LogP contribution in [0.25, 0.3) is 0 Å². The zero-order valence-corrected chi connectivity index (χ0v) is 8.30. The van der Waals surface area contributed by atoms with Gasteiger partial charge in [-0.25, -0.2) is 0 Å². The van der Waals surface area contributed by atoms with Crippen LogP contribution in [0.1, 0.15) is 38.9 Å². The summed E-state index contributed by atoms with van der Waals surface area (Å²) in [5, 5.41) is 3.88. The van der Waals surface area contributed by atoms with Crippen molar-refractivity contribution in [3.8, 4) is 0 Å². The molecule has 0 amide bonds. The van der Waals surface area contributed by atoms with Gasteiger partial charge in [0.15, 0.2) is 5.82 Å². The molecule has 0 aromatic carbocycles. The summed E-state index contributed by atoms with van der Waals surface area (Å²) in [7, 11) is 0. The number of aromatic nitrogens is 2. The second-order valence-electron chi connectivity index (χ2n) is 3.44. The molecular formula is C8H13ClN2O. The molecule has 0 aliphatic carbocycles. The molecule has 1 heterocycles. The van der Waals surface area contributed by atoms with E-state index in [-0.39, 0.29) is 5.35 Å². The van der Waals surface area contributed by atoms with Gasteiger partial charge in [0, 0.05) is 5.92 Å². The summed E-state index contributed by atoms with van der Waals surface area (Å²) in [4.78, 5) is 3.95. The summed E-state index contributed by atoms with van der Waals surface area (Å²) >= 11 is 5.50. The van der Waals surface area contributed by atoms with Gasteiger partial charge in [0.2, 0.25) is 0 Å². The predicted octanol–water partition coefficient (Wildman–Crippen LogP) is 2.87. The maximum atomic E-state index is 5.50. The van der Waals surface area contributed by atoms with E-state index in [1.165, 1.54) is 0 Å². The van der Waals surface area contributed by atoms with E-state index in [0.717, 1.165) is 6.42 Å². The zero-order valence-electron chi connectivity index (χ0n) is 7.54. The van der Waals surface area contributed by atoms with Crippen LogP contribution in [0.4, 0.5) is 0 Å². The van der Waals surface area contributed by atoms with Gasteiger partial charge >= 0.3 is 5.35 Å². The molecule has 0 spiro atoms. The Bertz CT molecular complexity index is 247. The third-order valence-electron chi connectivity index (χ3n) is 1.68. The van der Waals surface area contributed by atoms with E-state index in [1.807, 2.05) is 0 Å². The van der Waals surface area contributed by atoms with E-state index >= 15 is 0 Å². The quantitative estimate of drug-likeness (QED) is 0.732. The summed E-state index contributed by atoms with van der Waals surface area (Å²) in [5.74, 6) is 1.66. The molecule has 1 rings (SSSR count). The molecule has 3 nitrogen and oxygen atoms in total. The van der Waals surface area contributed by atoms with Gasteiger partial charge in [-0.05, 0) is 23.9 Å². The van der Waals surface area contributed by atoms with E-state index < -0.39 is 0 Å². The fraction of sp³-hybridized carbons (Fsp3) is 0.750. The minimum Gasteiger partial charge on any atom is -0.321 e. The lowest BCUT2D eigenvalue weighted by molar-refractivity contribution is 0.400. The molecule has 0 N–H and O–H groups in total. The highest BCUT2D eigenvalue weighted by Crippen LogP contribution is 2.21. The minimum absolute atomic E-state index is 0.126. The van der Waals surface area contributed by atoms with Gasteiger partial charge in [0.25, 0.3) is 0 Å². The van der Waals surface area contributed by atoms with Crippen LogP contribution in [0, 0.1) is 5.92 Å². The Morgan fingerprint density at radius 2 is 2.08 bits per heavy atom. The summed E-state index contributed by atoms with van der Waals surface area (Å²) in [6.45, 7) is 6.40. The molecule has 0 aliphatic heterocycles. The second-order valence-corrected chi connectivity index (χ2v) is 3.76. The van der Waals surface area contributed by atoms with Crippen LogP contribution in [0.2, 0.25) is 5.35 Å². The lowest BCUT2D eigenvalue weighted by Gasteiger charge is -2.08. The minimum atomic E-state index is 0.126. The highest BCUT2D eigenvalue weighted by molar-refractivity contribution is 6.27. The molecular weight excluding hydrogens is 176 g/mol. The Kier molecular flexibility index (Phi) is 3.09. The van der Waals surface area contributed by atoms with E-state index in [4.69, 9.17) is 11.6 Å². The molecule has 0 saturated carbocycles. The van der Waals surface area contributed by atoms with Crippen LogP contribution < -0.4 is 0 Å². The van der Waals surface area contributed by atoms with Crippen molar-refractivity contribution in [1.82, 2.24) is 10.1 Å². The van der Waals surface area contributed by atoms with Crippen LogP contribution in [0.15, 0.2) is 4.52 Å². The highest BCUT2D eigenvalue weighted by Gasteiger charge is 2.13. The van der Waals surface area contributed by atoms with E-state index in [2.05, 4.69) is 35.4 Å². The molecule has 1 aromatic rings. The average molecular weight is 189 g/mol. The number of hydrogen-bond donors (Lipinski definition) is 0. The van der Waals surface area contributed by atoms with Crippen molar-refractivity contribution in [3.05, 3.63) is 11.2 Å². The molecule has 0 fully saturated rings. The smallest absolute Gasteiger partial charge is 0.320 e. The van der Waals surface area contributed by atoms with E-state index in [1.54, 1.807) is 0 Å². The lowest BCUT2D eigenvalue weighted by atomic mass is 9.99. The van der Waals surface area contributed by atoms with Gasteiger partial charge in [0.1, 0.15) is 0 Å². The van der Waals surface area contributed by atoms with Crippen LogP contribution in [-0.2, 0) is 0 Å². The largest absolute Gasteiger partial charge is 0.321 e. The third-order valence-corrected chi connectivity index (χ3v) is 1.84. The van der Waals surface area contributed by atoms with Gasteiger partial charge < -0.3 is 4.52 Å². The predicted molar refractivity (Wildman–Crippen MR) is 47.2 cm³/mol.